The third-order valence-electron chi connectivity index (χ3n) is 1.52. The zero-order chi connectivity index (χ0) is 9.14. The Bertz CT molecular complexity index is 242. The standard InChI is InChI=1S/C8H10O4/c9-6-3-1-5(2-4-6)7(10)8(11)12/h1-4,7-12H. The number of phenolic OH excluding ortho intramolecular Hbond substituents is 1. The van der Waals surface area contributed by atoms with E-state index < -0.39 is 12.4 Å². The van der Waals surface area contributed by atoms with Crippen LogP contribution in [0.4, 0.5) is 0 Å². The van der Waals surface area contributed by atoms with Gasteiger partial charge in [-0.2, -0.15) is 0 Å². The highest BCUT2D eigenvalue weighted by Gasteiger charge is 2.14. The molecule has 4 nitrogen and oxygen atoms in total. The van der Waals surface area contributed by atoms with Gasteiger partial charge < -0.3 is 20.4 Å². The Kier molecular flexibility index (Phi) is 2.65. The molecule has 4 N–H and O–H groups in total. The summed E-state index contributed by atoms with van der Waals surface area (Å²) in [7, 11) is 0. The number of aliphatic hydroxyl groups is 3. The van der Waals surface area contributed by atoms with Gasteiger partial charge in [0.25, 0.3) is 0 Å². The number of hydrogen-bond donors (Lipinski definition) is 4. The van der Waals surface area contributed by atoms with E-state index in [1.54, 1.807) is 0 Å². The maximum Gasteiger partial charge on any atom is 0.182 e. The molecule has 4 heteroatoms. The van der Waals surface area contributed by atoms with E-state index in [2.05, 4.69) is 0 Å². The Morgan fingerprint density at radius 3 is 1.83 bits per heavy atom. The Balaban J connectivity index is 2.82. The van der Waals surface area contributed by atoms with Crippen LogP contribution in [-0.2, 0) is 0 Å². The third-order valence-corrected chi connectivity index (χ3v) is 1.52. The molecule has 0 radical (unpaired) electrons. The van der Waals surface area contributed by atoms with Gasteiger partial charge in [0.1, 0.15) is 11.9 Å². The predicted molar refractivity (Wildman–Crippen MR) is 41.3 cm³/mol. The Morgan fingerprint density at radius 1 is 0.917 bits per heavy atom. The van der Waals surface area contributed by atoms with Gasteiger partial charge in [-0.1, -0.05) is 12.1 Å². The molecule has 1 atom stereocenters. The summed E-state index contributed by atoms with van der Waals surface area (Å²) >= 11 is 0. The van der Waals surface area contributed by atoms with Gasteiger partial charge in [-0.05, 0) is 17.7 Å². The van der Waals surface area contributed by atoms with Crippen LogP contribution in [0.5, 0.6) is 5.75 Å². The zero-order valence-corrected chi connectivity index (χ0v) is 6.25. The first-order valence-electron chi connectivity index (χ1n) is 3.44. The second-order valence-corrected chi connectivity index (χ2v) is 2.45. The minimum atomic E-state index is -1.80. The predicted octanol–water partition coefficient (Wildman–Crippen LogP) is -0.264. The molecule has 0 saturated carbocycles. The summed E-state index contributed by atoms with van der Waals surface area (Å²) in [6.07, 6.45) is -3.12. The van der Waals surface area contributed by atoms with Crippen molar-refractivity contribution in [2.24, 2.45) is 0 Å². The van der Waals surface area contributed by atoms with Crippen LogP contribution in [-0.4, -0.2) is 26.7 Å². The first-order valence-corrected chi connectivity index (χ1v) is 3.44. The van der Waals surface area contributed by atoms with Gasteiger partial charge in [-0.3, -0.25) is 0 Å². The molecule has 0 aliphatic rings. The summed E-state index contributed by atoms with van der Waals surface area (Å²) in [4.78, 5) is 0. The number of rotatable bonds is 2. The SMILES string of the molecule is Oc1ccc(C(O)C(O)O)cc1. The fourth-order valence-corrected chi connectivity index (χ4v) is 0.844. The third kappa shape index (κ3) is 1.94. The number of aromatic hydroxyl groups is 1. The van der Waals surface area contributed by atoms with Crippen molar-refractivity contribution in [3.63, 3.8) is 0 Å². The average Bonchev–Trinajstić information content (AvgIpc) is 2.04. The summed E-state index contributed by atoms with van der Waals surface area (Å²) in [5.74, 6) is 0.0679. The van der Waals surface area contributed by atoms with E-state index in [-0.39, 0.29) is 5.75 Å². The minimum Gasteiger partial charge on any atom is -0.508 e. The maximum atomic E-state index is 9.11. The average molecular weight is 170 g/mol. The molecule has 0 aliphatic carbocycles. The van der Waals surface area contributed by atoms with Gasteiger partial charge >= 0.3 is 0 Å². The van der Waals surface area contributed by atoms with Crippen molar-refractivity contribution < 1.29 is 20.4 Å². The summed E-state index contributed by atoms with van der Waals surface area (Å²) in [5.41, 5.74) is 0.350. The van der Waals surface area contributed by atoms with Crippen LogP contribution in [0, 0.1) is 0 Å². The monoisotopic (exact) mass is 170 g/mol. The largest absolute Gasteiger partial charge is 0.508 e. The Morgan fingerprint density at radius 2 is 1.42 bits per heavy atom. The van der Waals surface area contributed by atoms with Crippen LogP contribution in [0.3, 0.4) is 0 Å². The smallest absolute Gasteiger partial charge is 0.182 e. The molecule has 66 valence electrons. The molecule has 0 amide bonds. The molecule has 0 bridgehead atoms. The van der Waals surface area contributed by atoms with E-state index in [9.17, 15) is 0 Å². The van der Waals surface area contributed by atoms with Crippen LogP contribution >= 0.6 is 0 Å². The number of aliphatic hydroxyl groups excluding tert-OH is 2. The summed E-state index contributed by atoms with van der Waals surface area (Å²) < 4.78 is 0. The number of benzene rings is 1. The number of phenols is 1. The van der Waals surface area contributed by atoms with Crippen molar-refractivity contribution in [3.05, 3.63) is 29.8 Å². The maximum absolute atomic E-state index is 9.11. The molecule has 0 heterocycles. The number of hydrogen-bond acceptors (Lipinski definition) is 4. The van der Waals surface area contributed by atoms with E-state index >= 15 is 0 Å². The quantitative estimate of drug-likeness (QED) is 0.461. The second-order valence-electron chi connectivity index (χ2n) is 2.45. The van der Waals surface area contributed by atoms with E-state index in [0.29, 0.717) is 5.56 Å². The van der Waals surface area contributed by atoms with Gasteiger partial charge in [0.2, 0.25) is 0 Å². The van der Waals surface area contributed by atoms with E-state index in [1.807, 2.05) is 0 Å². The minimum absolute atomic E-state index is 0.0679. The van der Waals surface area contributed by atoms with Crippen molar-refractivity contribution >= 4 is 0 Å². The van der Waals surface area contributed by atoms with Gasteiger partial charge in [0.15, 0.2) is 6.29 Å². The van der Waals surface area contributed by atoms with E-state index in [1.165, 1.54) is 24.3 Å². The van der Waals surface area contributed by atoms with Crippen LogP contribution in [0.15, 0.2) is 24.3 Å². The van der Waals surface area contributed by atoms with Gasteiger partial charge in [0, 0.05) is 0 Å². The van der Waals surface area contributed by atoms with E-state index in [4.69, 9.17) is 20.4 Å². The highest BCUT2D eigenvalue weighted by molar-refractivity contribution is 5.27. The molecule has 1 aromatic carbocycles. The van der Waals surface area contributed by atoms with Gasteiger partial charge in [-0.15, -0.1) is 0 Å². The van der Waals surface area contributed by atoms with Gasteiger partial charge in [-0.25, -0.2) is 0 Å². The topological polar surface area (TPSA) is 80.9 Å². The molecule has 1 rings (SSSR count). The van der Waals surface area contributed by atoms with Crippen LogP contribution in [0.25, 0.3) is 0 Å². The van der Waals surface area contributed by atoms with Crippen LogP contribution in [0.2, 0.25) is 0 Å². The fourth-order valence-electron chi connectivity index (χ4n) is 0.844. The van der Waals surface area contributed by atoms with Gasteiger partial charge in [0.05, 0.1) is 0 Å². The van der Waals surface area contributed by atoms with Crippen molar-refractivity contribution in [2.75, 3.05) is 0 Å². The van der Waals surface area contributed by atoms with Crippen LogP contribution in [0.1, 0.15) is 11.7 Å². The first-order chi connectivity index (χ1) is 5.61. The molecule has 0 aromatic heterocycles. The molecule has 0 spiro atoms. The molecule has 0 aliphatic heterocycles. The van der Waals surface area contributed by atoms with Crippen molar-refractivity contribution in [1.82, 2.24) is 0 Å². The first kappa shape index (κ1) is 8.99. The van der Waals surface area contributed by atoms with E-state index in [0.717, 1.165) is 0 Å². The molecular formula is C8H10O4. The lowest BCUT2D eigenvalue weighted by Crippen LogP contribution is -2.16. The highest BCUT2D eigenvalue weighted by atomic mass is 16.5. The zero-order valence-electron chi connectivity index (χ0n) is 6.25. The molecule has 0 fully saturated rings. The van der Waals surface area contributed by atoms with Crippen LogP contribution < -0.4 is 0 Å². The summed E-state index contributed by atoms with van der Waals surface area (Å²) in [6.45, 7) is 0. The lowest BCUT2D eigenvalue weighted by molar-refractivity contribution is -0.123. The second kappa shape index (κ2) is 3.53. The molecule has 1 aromatic rings. The highest BCUT2D eigenvalue weighted by Crippen LogP contribution is 2.18. The normalized spacial score (nSPS) is 13.3. The van der Waals surface area contributed by atoms with Crippen molar-refractivity contribution in [1.29, 1.82) is 0 Å². The summed E-state index contributed by atoms with van der Waals surface area (Å²) in [6, 6.07) is 5.56. The van der Waals surface area contributed by atoms with Crippen molar-refractivity contribution in [2.45, 2.75) is 12.4 Å². The lowest BCUT2D eigenvalue weighted by atomic mass is 10.1. The van der Waals surface area contributed by atoms with Crippen molar-refractivity contribution in [3.8, 4) is 5.75 Å². The lowest BCUT2D eigenvalue weighted by Gasteiger charge is -2.12. The molecule has 1 unspecified atom stereocenters. The molecule has 12 heavy (non-hydrogen) atoms. The Labute approximate surface area is 69.3 Å². The summed E-state index contributed by atoms with van der Waals surface area (Å²) in [5, 5.41) is 35.2. The molecular weight excluding hydrogens is 160 g/mol. The molecule has 0 saturated heterocycles. The fraction of sp³-hybridized carbons (Fsp3) is 0.250. The Hall–Kier alpha value is -1.10.